The summed E-state index contributed by atoms with van der Waals surface area (Å²) >= 11 is 0. The maximum atomic E-state index is 12.5. The number of amides is 1. The molecule has 0 aliphatic rings. The molecule has 1 aromatic heterocycles. The van der Waals surface area contributed by atoms with Crippen molar-refractivity contribution in [2.75, 3.05) is 19.4 Å². The fourth-order valence-corrected chi connectivity index (χ4v) is 2.11. The minimum atomic E-state index is -0.988. The number of likely N-dealkylation sites (N-methyl/N-ethyl adjacent to an activating group) is 1. The Hall–Kier alpha value is -2.96. The van der Waals surface area contributed by atoms with Crippen molar-refractivity contribution in [3.63, 3.8) is 0 Å². The Kier molecular flexibility index (Phi) is 5.24. The first-order chi connectivity index (χ1) is 11.0. The van der Waals surface area contributed by atoms with E-state index in [-0.39, 0.29) is 12.3 Å². The third-order valence-corrected chi connectivity index (χ3v) is 3.23. The van der Waals surface area contributed by atoms with E-state index < -0.39 is 12.0 Å². The van der Waals surface area contributed by atoms with Crippen LogP contribution in [0.15, 0.2) is 42.9 Å². The number of rotatable bonds is 6. The molecule has 0 saturated heterocycles. The number of nitrogens with one attached hydrogen (secondary N) is 1. The van der Waals surface area contributed by atoms with E-state index in [9.17, 15) is 9.59 Å². The van der Waals surface area contributed by atoms with E-state index in [0.717, 1.165) is 5.56 Å². The van der Waals surface area contributed by atoms with Gasteiger partial charge in [0.25, 0.3) is 0 Å². The number of nitrogens with zero attached hydrogens (tertiary/aromatic N) is 3. The number of carbonyl (C=O) groups is 2. The summed E-state index contributed by atoms with van der Waals surface area (Å²) < 4.78 is 0. The molecule has 2 N–H and O–H groups in total. The SMILES string of the molecule is CN(C)C(=O)C(Nc1ncncc1CC(=O)O)c1ccccc1. The van der Waals surface area contributed by atoms with Crippen LogP contribution in [-0.2, 0) is 16.0 Å². The van der Waals surface area contributed by atoms with E-state index in [2.05, 4.69) is 15.3 Å². The van der Waals surface area contributed by atoms with Gasteiger partial charge in [-0.1, -0.05) is 30.3 Å². The lowest BCUT2D eigenvalue weighted by Crippen LogP contribution is -2.33. The molecule has 0 bridgehead atoms. The topological polar surface area (TPSA) is 95.4 Å². The molecule has 0 aliphatic heterocycles. The van der Waals surface area contributed by atoms with Crippen molar-refractivity contribution in [1.82, 2.24) is 14.9 Å². The number of aromatic nitrogens is 2. The quantitative estimate of drug-likeness (QED) is 0.835. The summed E-state index contributed by atoms with van der Waals surface area (Å²) in [6, 6.07) is 8.54. The molecular weight excluding hydrogens is 296 g/mol. The molecule has 7 heteroatoms. The Morgan fingerprint density at radius 2 is 1.96 bits per heavy atom. The normalized spacial score (nSPS) is 11.6. The number of hydrogen-bond donors (Lipinski definition) is 2. The minimum Gasteiger partial charge on any atom is -0.481 e. The highest BCUT2D eigenvalue weighted by atomic mass is 16.4. The van der Waals surface area contributed by atoms with Crippen LogP contribution in [0.25, 0.3) is 0 Å². The molecule has 2 aromatic rings. The van der Waals surface area contributed by atoms with Crippen LogP contribution in [0.5, 0.6) is 0 Å². The molecular formula is C16H18N4O3. The Morgan fingerprint density at radius 3 is 2.57 bits per heavy atom. The highest BCUT2D eigenvalue weighted by Gasteiger charge is 2.23. The largest absolute Gasteiger partial charge is 0.481 e. The summed E-state index contributed by atoms with van der Waals surface area (Å²) in [5.74, 6) is -0.805. The van der Waals surface area contributed by atoms with Crippen molar-refractivity contribution in [3.05, 3.63) is 54.0 Å². The highest BCUT2D eigenvalue weighted by molar-refractivity contribution is 5.86. The number of aliphatic carboxylic acids is 1. The van der Waals surface area contributed by atoms with E-state index in [4.69, 9.17) is 5.11 Å². The van der Waals surface area contributed by atoms with Crippen LogP contribution in [0.4, 0.5) is 5.82 Å². The summed E-state index contributed by atoms with van der Waals surface area (Å²) in [6.45, 7) is 0. The van der Waals surface area contributed by atoms with Gasteiger partial charge in [-0.25, -0.2) is 9.97 Å². The summed E-state index contributed by atoms with van der Waals surface area (Å²) in [6.07, 6.45) is 2.53. The molecule has 1 heterocycles. The molecule has 0 radical (unpaired) electrons. The van der Waals surface area contributed by atoms with E-state index >= 15 is 0 Å². The van der Waals surface area contributed by atoms with Crippen molar-refractivity contribution in [3.8, 4) is 0 Å². The Labute approximate surface area is 134 Å². The summed E-state index contributed by atoms with van der Waals surface area (Å²) in [5, 5.41) is 12.0. The Balaban J connectivity index is 2.35. The van der Waals surface area contributed by atoms with Gasteiger partial charge in [-0.3, -0.25) is 9.59 Å². The standard InChI is InChI=1S/C16H18N4O3/c1-20(2)16(23)14(11-6-4-3-5-7-11)19-15-12(8-13(21)22)9-17-10-18-15/h3-7,9-10,14H,8H2,1-2H3,(H,21,22)(H,17,18,19). The van der Waals surface area contributed by atoms with Crippen molar-refractivity contribution in [1.29, 1.82) is 0 Å². The number of carbonyl (C=O) groups excluding carboxylic acids is 1. The Morgan fingerprint density at radius 1 is 1.26 bits per heavy atom. The number of carboxylic acid groups (broad SMARTS) is 1. The maximum absolute atomic E-state index is 12.5. The van der Waals surface area contributed by atoms with Gasteiger partial charge in [0.2, 0.25) is 5.91 Å². The Bertz CT molecular complexity index is 689. The fraction of sp³-hybridized carbons (Fsp3) is 0.250. The van der Waals surface area contributed by atoms with Crippen molar-refractivity contribution < 1.29 is 14.7 Å². The number of anilines is 1. The second-order valence-corrected chi connectivity index (χ2v) is 5.19. The molecule has 23 heavy (non-hydrogen) atoms. The molecule has 1 unspecified atom stereocenters. The molecule has 1 amide bonds. The molecule has 0 spiro atoms. The molecule has 2 rings (SSSR count). The van der Waals surface area contributed by atoms with E-state index in [1.165, 1.54) is 17.4 Å². The molecule has 0 fully saturated rings. The first-order valence-corrected chi connectivity index (χ1v) is 7.02. The monoisotopic (exact) mass is 314 g/mol. The first-order valence-electron chi connectivity index (χ1n) is 7.02. The summed E-state index contributed by atoms with van der Waals surface area (Å²) in [5.41, 5.74) is 1.19. The minimum absolute atomic E-state index is 0.156. The van der Waals surface area contributed by atoms with Crippen LogP contribution in [0.1, 0.15) is 17.2 Å². The van der Waals surface area contributed by atoms with Gasteiger partial charge < -0.3 is 15.3 Å². The van der Waals surface area contributed by atoms with E-state index in [0.29, 0.717) is 11.4 Å². The van der Waals surface area contributed by atoms with Gasteiger partial charge in [-0.2, -0.15) is 0 Å². The van der Waals surface area contributed by atoms with Crippen LogP contribution in [0, 0.1) is 0 Å². The van der Waals surface area contributed by atoms with Crippen molar-refractivity contribution >= 4 is 17.7 Å². The van der Waals surface area contributed by atoms with Gasteiger partial charge in [0.15, 0.2) is 0 Å². The van der Waals surface area contributed by atoms with Gasteiger partial charge in [0.1, 0.15) is 18.2 Å². The molecule has 1 atom stereocenters. The van der Waals surface area contributed by atoms with Crippen molar-refractivity contribution in [2.24, 2.45) is 0 Å². The lowest BCUT2D eigenvalue weighted by atomic mass is 10.1. The molecule has 1 aromatic carbocycles. The van der Waals surface area contributed by atoms with Crippen LogP contribution < -0.4 is 5.32 Å². The zero-order valence-corrected chi connectivity index (χ0v) is 12.9. The van der Waals surface area contributed by atoms with Crippen LogP contribution in [-0.4, -0.2) is 45.9 Å². The number of carboxylic acids is 1. The fourth-order valence-electron chi connectivity index (χ4n) is 2.11. The molecule has 0 saturated carbocycles. The molecule has 120 valence electrons. The van der Waals surface area contributed by atoms with Crippen LogP contribution in [0.3, 0.4) is 0 Å². The van der Waals surface area contributed by atoms with Gasteiger partial charge in [-0.15, -0.1) is 0 Å². The lowest BCUT2D eigenvalue weighted by molar-refractivity contribution is -0.136. The third kappa shape index (κ3) is 4.26. The zero-order chi connectivity index (χ0) is 16.8. The van der Waals surface area contributed by atoms with E-state index in [1.54, 1.807) is 14.1 Å². The van der Waals surface area contributed by atoms with Crippen molar-refractivity contribution in [2.45, 2.75) is 12.5 Å². The van der Waals surface area contributed by atoms with Crippen LogP contribution in [0.2, 0.25) is 0 Å². The van der Waals surface area contributed by atoms with Gasteiger partial charge in [-0.05, 0) is 5.56 Å². The van der Waals surface area contributed by atoms with E-state index in [1.807, 2.05) is 30.3 Å². The zero-order valence-electron chi connectivity index (χ0n) is 12.9. The smallest absolute Gasteiger partial charge is 0.308 e. The maximum Gasteiger partial charge on any atom is 0.308 e. The van der Waals surface area contributed by atoms with Crippen LogP contribution >= 0.6 is 0 Å². The predicted octanol–water partition coefficient (Wildman–Crippen LogP) is 1.35. The van der Waals surface area contributed by atoms with Gasteiger partial charge >= 0.3 is 5.97 Å². The second kappa shape index (κ2) is 7.35. The molecule has 0 aliphatic carbocycles. The predicted molar refractivity (Wildman–Crippen MR) is 84.9 cm³/mol. The summed E-state index contributed by atoms with van der Waals surface area (Å²) in [4.78, 5) is 32.9. The summed E-state index contributed by atoms with van der Waals surface area (Å²) in [7, 11) is 3.33. The highest BCUT2D eigenvalue weighted by Crippen LogP contribution is 2.22. The first kappa shape index (κ1) is 16.4. The second-order valence-electron chi connectivity index (χ2n) is 5.19. The number of hydrogen-bond acceptors (Lipinski definition) is 5. The molecule has 7 nitrogen and oxygen atoms in total. The van der Waals surface area contributed by atoms with Gasteiger partial charge in [0.05, 0.1) is 6.42 Å². The lowest BCUT2D eigenvalue weighted by Gasteiger charge is -2.23. The third-order valence-electron chi connectivity index (χ3n) is 3.23. The number of benzene rings is 1. The average molecular weight is 314 g/mol. The average Bonchev–Trinajstić information content (AvgIpc) is 2.53. The van der Waals surface area contributed by atoms with Gasteiger partial charge in [0, 0.05) is 25.9 Å².